The molecule has 0 aliphatic heterocycles. The van der Waals surface area contributed by atoms with Gasteiger partial charge in [-0.2, -0.15) is 0 Å². The smallest absolute Gasteiger partial charge is 0.214 e. The lowest BCUT2D eigenvalue weighted by molar-refractivity contribution is 0.0986. The van der Waals surface area contributed by atoms with Crippen molar-refractivity contribution in [1.82, 2.24) is 0 Å². The van der Waals surface area contributed by atoms with Crippen molar-refractivity contribution in [2.24, 2.45) is 0 Å². The molecule has 2 aromatic rings. The fourth-order valence-electron chi connectivity index (χ4n) is 2.04. The molecular weight excluding hydrogens is 379 g/mol. The van der Waals surface area contributed by atoms with E-state index in [4.69, 9.17) is 0 Å². The molecule has 0 saturated heterocycles. The monoisotopic (exact) mass is 388 g/mol. The second kappa shape index (κ2) is 4.25. The van der Waals surface area contributed by atoms with Crippen molar-refractivity contribution in [3.05, 3.63) is 42.8 Å². The van der Waals surface area contributed by atoms with Crippen LogP contribution in [0, 0.1) is 6.92 Å². The molecule has 0 aromatic carbocycles. The molecule has 0 N–H and O–H groups in total. The lowest BCUT2D eigenvalue weighted by atomic mass is 9.95. The molecule has 0 bridgehead atoms. The maximum absolute atomic E-state index is 12.4. The molecule has 0 fully saturated rings. The third-order valence-corrected chi connectivity index (χ3v) is 6.36. The summed E-state index contributed by atoms with van der Waals surface area (Å²) in [6, 6.07) is 3.71. The molecular formula is C13H9IO2S2. The minimum absolute atomic E-state index is 0.00324. The van der Waals surface area contributed by atoms with Gasteiger partial charge in [0.25, 0.3) is 0 Å². The summed E-state index contributed by atoms with van der Waals surface area (Å²) in [4.78, 5) is 28.1. The molecule has 2 aromatic heterocycles. The Morgan fingerprint density at radius 3 is 2.33 bits per heavy atom. The largest absolute Gasteiger partial charge is 0.288 e. The van der Waals surface area contributed by atoms with E-state index in [1.807, 2.05) is 19.1 Å². The summed E-state index contributed by atoms with van der Waals surface area (Å²) >= 11 is 5.17. The summed E-state index contributed by atoms with van der Waals surface area (Å²) in [5.41, 5.74) is 1.18. The molecule has 5 heteroatoms. The minimum atomic E-state index is 0.00324. The van der Waals surface area contributed by atoms with Crippen LogP contribution in [0.1, 0.15) is 51.1 Å². The Morgan fingerprint density at radius 2 is 1.67 bits per heavy atom. The zero-order chi connectivity index (χ0) is 13.0. The minimum Gasteiger partial charge on any atom is -0.288 e. The van der Waals surface area contributed by atoms with Crippen LogP contribution in [0.25, 0.3) is 0 Å². The average molecular weight is 388 g/mol. The molecule has 2 nitrogen and oxygen atoms in total. The number of hydrogen-bond acceptors (Lipinski definition) is 4. The van der Waals surface area contributed by atoms with Gasteiger partial charge in [-0.05, 0) is 26.0 Å². The standard InChI is InChI=1S/C13H9IO2S2/c1-5-3-7-10(15)8-4-9(6(2)14)18-13(8)11(16)12(7)17-5/h3-4,6H,1-2H3. The second-order valence-corrected chi connectivity index (χ2v) is 8.47. The van der Waals surface area contributed by atoms with Gasteiger partial charge in [0, 0.05) is 24.8 Å². The SMILES string of the molecule is Cc1cc2c(s1)C(=O)c1sc(C(C)I)cc1C2=O. The summed E-state index contributed by atoms with van der Waals surface area (Å²) in [6.07, 6.45) is 0. The fraction of sp³-hybridized carbons (Fsp3) is 0.231. The quantitative estimate of drug-likeness (QED) is 0.458. The third kappa shape index (κ3) is 1.71. The first-order valence-corrected chi connectivity index (χ1v) is 8.34. The molecule has 0 amide bonds. The van der Waals surface area contributed by atoms with Crippen molar-refractivity contribution >= 4 is 56.8 Å². The van der Waals surface area contributed by atoms with E-state index in [-0.39, 0.29) is 11.6 Å². The lowest BCUT2D eigenvalue weighted by Crippen LogP contribution is -2.15. The molecule has 3 rings (SSSR count). The Balaban J connectivity index is 2.22. The van der Waals surface area contributed by atoms with Crippen molar-refractivity contribution in [2.75, 3.05) is 0 Å². The van der Waals surface area contributed by atoms with E-state index in [9.17, 15) is 9.59 Å². The van der Waals surface area contributed by atoms with Gasteiger partial charge in [-0.25, -0.2) is 0 Å². The maximum atomic E-state index is 12.4. The van der Waals surface area contributed by atoms with Crippen molar-refractivity contribution in [3.63, 3.8) is 0 Å². The molecule has 2 heterocycles. The van der Waals surface area contributed by atoms with E-state index in [1.165, 1.54) is 22.7 Å². The number of alkyl halides is 1. The van der Waals surface area contributed by atoms with Gasteiger partial charge >= 0.3 is 0 Å². The van der Waals surface area contributed by atoms with Gasteiger partial charge in [-0.3, -0.25) is 9.59 Å². The first-order chi connectivity index (χ1) is 8.49. The van der Waals surface area contributed by atoms with Crippen LogP contribution in [0.15, 0.2) is 12.1 Å². The number of aryl methyl sites for hydroxylation is 1. The highest BCUT2D eigenvalue weighted by Crippen LogP contribution is 2.40. The Hall–Kier alpha value is -0.530. The predicted octanol–water partition coefficient (Wildman–Crippen LogP) is 4.39. The van der Waals surface area contributed by atoms with Gasteiger partial charge in [-0.1, -0.05) is 22.6 Å². The number of thiophene rings is 2. The molecule has 0 spiro atoms. The summed E-state index contributed by atoms with van der Waals surface area (Å²) in [5.74, 6) is 0.0227. The lowest BCUT2D eigenvalue weighted by Gasteiger charge is -2.08. The Labute approximate surface area is 126 Å². The van der Waals surface area contributed by atoms with Crippen LogP contribution in [0.3, 0.4) is 0 Å². The van der Waals surface area contributed by atoms with E-state index in [0.717, 1.165) is 9.75 Å². The zero-order valence-electron chi connectivity index (χ0n) is 9.74. The van der Waals surface area contributed by atoms with Gasteiger partial charge in [0.15, 0.2) is 5.78 Å². The third-order valence-electron chi connectivity index (χ3n) is 2.90. The van der Waals surface area contributed by atoms with Crippen LogP contribution >= 0.6 is 45.3 Å². The number of hydrogen-bond donors (Lipinski definition) is 0. The molecule has 1 aliphatic rings. The van der Waals surface area contributed by atoms with Gasteiger partial charge in [0.05, 0.1) is 9.75 Å². The number of ketones is 2. The highest BCUT2D eigenvalue weighted by molar-refractivity contribution is 14.1. The molecule has 1 aliphatic carbocycles. The van der Waals surface area contributed by atoms with Crippen LogP contribution in [0.5, 0.6) is 0 Å². The Bertz CT molecular complexity index is 628. The maximum Gasteiger partial charge on any atom is 0.214 e. The van der Waals surface area contributed by atoms with E-state index in [2.05, 4.69) is 29.5 Å². The van der Waals surface area contributed by atoms with Crippen LogP contribution in [0.4, 0.5) is 0 Å². The topological polar surface area (TPSA) is 34.1 Å². The average Bonchev–Trinajstić information content (AvgIpc) is 2.89. The van der Waals surface area contributed by atoms with Gasteiger partial charge in [-0.15, -0.1) is 22.7 Å². The fourth-order valence-corrected chi connectivity index (χ4v) is 4.66. The predicted molar refractivity (Wildman–Crippen MR) is 82.7 cm³/mol. The molecule has 0 saturated carbocycles. The number of carbonyl (C=O) groups excluding carboxylic acids is 2. The number of halogens is 1. The van der Waals surface area contributed by atoms with Gasteiger partial charge in [0.2, 0.25) is 5.78 Å². The van der Waals surface area contributed by atoms with Crippen LogP contribution in [-0.4, -0.2) is 11.6 Å². The molecule has 0 radical (unpaired) electrons. The second-order valence-electron chi connectivity index (χ2n) is 4.27. The normalized spacial score (nSPS) is 15.5. The molecule has 1 unspecified atom stereocenters. The van der Waals surface area contributed by atoms with Gasteiger partial charge in [0.1, 0.15) is 0 Å². The molecule has 92 valence electrons. The Kier molecular flexibility index (Phi) is 2.95. The van der Waals surface area contributed by atoms with Gasteiger partial charge < -0.3 is 0 Å². The van der Waals surface area contributed by atoms with E-state index in [0.29, 0.717) is 24.8 Å². The van der Waals surface area contributed by atoms with Crippen LogP contribution in [0.2, 0.25) is 0 Å². The number of rotatable bonds is 1. The molecule has 18 heavy (non-hydrogen) atoms. The first-order valence-electron chi connectivity index (χ1n) is 5.46. The molecule has 1 atom stereocenters. The summed E-state index contributed by atoms with van der Waals surface area (Å²) < 4.78 is 0.318. The zero-order valence-corrected chi connectivity index (χ0v) is 13.5. The van der Waals surface area contributed by atoms with Crippen molar-refractivity contribution in [1.29, 1.82) is 0 Å². The highest BCUT2D eigenvalue weighted by atomic mass is 127. The van der Waals surface area contributed by atoms with Crippen molar-refractivity contribution in [2.45, 2.75) is 17.8 Å². The highest BCUT2D eigenvalue weighted by Gasteiger charge is 2.34. The first kappa shape index (κ1) is 12.5. The number of fused-ring (bicyclic) bond motifs is 2. The van der Waals surface area contributed by atoms with E-state index in [1.54, 1.807) is 0 Å². The summed E-state index contributed by atoms with van der Waals surface area (Å²) in [6.45, 7) is 3.99. The van der Waals surface area contributed by atoms with Crippen LogP contribution < -0.4 is 0 Å². The van der Waals surface area contributed by atoms with E-state index < -0.39 is 0 Å². The van der Waals surface area contributed by atoms with Crippen LogP contribution in [-0.2, 0) is 0 Å². The summed E-state index contributed by atoms with van der Waals surface area (Å²) in [7, 11) is 0. The van der Waals surface area contributed by atoms with Crippen molar-refractivity contribution < 1.29 is 9.59 Å². The summed E-state index contributed by atoms with van der Waals surface area (Å²) in [5, 5.41) is 0. The number of carbonyl (C=O) groups is 2. The van der Waals surface area contributed by atoms with Crippen molar-refractivity contribution in [3.8, 4) is 0 Å². The Morgan fingerprint density at radius 1 is 1.06 bits per heavy atom. The van der Waals surface area contributed by atoms with E-state index >= 15 is 0 Å².